The molecule has 0 bridgehead atoms. The normalized spacial score (nSPS) is 19.8. The summed E-state index contributed by atoms with van der Waals surface area (Å²) in [5.41, 5.74) is 0. The van der Waals surface area contributed by atoms with Gasteiger partial charge in [0.05, 0.1) is 19.8 Å². The Bertz CT molecular complexity index is 104. The molecule has 0 amide bonds. The van der Waals surface area contributed by atoms with E-state index in [4.69, 9.17) is 13.6 Å². The highest BCUT2D eigenvalue weighted by Gasteiger charge is 2.15. The predicted molar refractivity (Wildman–Crippen MR) is 48.9 cm³/mol. The Kier molecular flexibility index (Phi) is 5.88. The van der Waals surface area contributed by atoms with E-state index >= 15 is 0 Å². The van der Waals surface area contributed by atoms with Crippen LogP contribution in [0, 0.1) is 0 Å². The lowest BCUT2D eigenvalue weighted by molar-refractivity contribution is 0.114. The molecule has 72 valence electrons. The van der Waals surface area contributed by atoms with Crippen LogP contribution in [0.15, 0.2) is 0 Å². The van der Waals surface area contributed by atoms with E-state index in [1.165, 1.54) is 12.8 Å². The van der Waals surface area contributed by atoms with Crippen LogP contribution in [0.25, 0.3) is 0 Å². The summed E-state index contributed by atoms with van der Waals surface area (Å²) in [5.74, 6) is 0. The molecule has 0 aromatic rings. The molecular weight excluding hydrogens is 175 g/mol. The minimum Gasteiger partial charge on any atom is -0.312 e. The first-order valence-electron chi connectivity index (χ1n) is 4.62. The van der Waals surface area contributed by atoms with Crippen molar-refractivity contribution in [3.63, 3.8) is 0 Å². The molecule has 0 aliphatic carbocycles. The van der Waals surface area contributed by atoms with E-state index in [0.29, 0.717) is 0 Å². The second kappa shape index (κ2) is 6.79. The number of rotatable bonds is 5. The summed E-state index contributed by atoms with van der Waals surface area (Å²) in [7, 11) is -0.988. The van der Waals surface area contributed by atoms with Gasteiger partial charge in [-0.1, -0.05) is 19.8 Å². The van der Waals surface area contributed by atoms with Crippen LogP contribution in [0.3, 0.4) is 0 Å². The maximum Gasteiger partial charge on any atom is 0.332 e. The zero-order valence-electron chi connectivity index (χ0n) is 7.62. The smallest absolute Gasteiger partial charge is 0.312 e. The topological polar surface area (TPSA) is 27.7 Å². The lowest BCUT2D eigenvalue weighted by atomic mass is 10.3. The largest absolute Gasteiger partial charge is 0.332 e. The van der Waals surface area contributed by atoms with Gasteiger partial charge in [0.2, 0.25) is 0 Å². The quantitative estimate of drug-likeness (QED) is 0.495. The fourth-order valence-corrected chi connectivity index (χ4v) is 2.00. The Morgan fingerprint density at radius 3 is 2.67 bits per heavy atom. The van der Waals surface area contributed by atoms with Gasteiger partial charge in [0, 0.05) is 0 Å². The minimum absolute atomic E-state index is 0.777. The Morgan fingerprint density at radius 1 is 1.25 bits per heavy atom. The Hall–Kier alpha value is 0.310. The van der Waals surface area contributed by atoms with E-state index in [1.54, 1.807) is 0 Å². The van der Waals surface area contributed by atoms with Crippen LogP contribution >= 0.6 is 8.60 Å². The van der Waals surface area contributed by atoms with Crippen LogP contribution in [0.1, 0.15) is 32.6 Å². The van der Waals surface area contributed by atoms with Crippen LogP contribution in [-0.4, -0.2) is 19.8 Å². The van der Waals surface area contributed by atoms with Crippen molar-refractivity contribution in [2.75, 3.05) is 19.8 Å². The van der Waals surface area contributed by atoms with Gasteiger partial charge in [-0.15, -0.1) is 0 Å². The van der Waals surface area contributed by atoms with Gasteiger partial charge in [0.25, 0.3) is 0 Å². The Morgan fingerprint density at radius 2 is 2.00 bits per heavy atom. The number of hydrogen-bond donors (Lipinski definition) is 0. The molecular formula is C8H17O3P. The summed E-state index contributed by atoms with van der Waals surface area (Å²) in [5, 5.41) is 0. The molecule has 0 atom stereocenters. The lowest BCUT2D eigenvalue weighted by Gasteiger charge is -2.20. The van der Waals surface area contributed by atoms with Crippen molar-refractivity contribution < 1.29 is 13.6 Å². The number of hydrogen-bond acceptors (Lipinski definition) is 3. The molecule has 1 heterocycles. The molecule has 4 heteroatoms. The third-order valence-corrected chi connectivity index (χ3v) is 2.81. The Balaban J connectivity index is 1.91. The molecule has 1 fully saturated rings. The van der Waals surface area contributed by atoms with Crippen molar-refractivity contribution in [1.82, 2.24) is 0 Å². The molecule has 0 saturated carbocycles. The lowest BCUT2D eigenvalue weighted by Crippen LogP contribution is -2.07. The van der Waals surface area contributed by atoms with Gasteiger partial charge in [-0.2, -0.15) is 0 Å². The highest BCUT2D eigenvalue weighted by Crippen LogP contribution is 2.42. The molecule has 12 heavy (non-hydrogen) atoms. The summed E-state index contributed by atoms with van der Waals surface area (Å²) in [6.45, 7) is 4.54. The molecule has 1 rings (SSSR count). The summed E-state index contributed by atoms with van der Waals surface area (Å²) >= 11 is 0. The van der Waals surface area contributed by atoms with E-state index in [1.807, 2.05) is 0 Å². The van der Waals surface area contributed by atoms with E-state index in [9.17, 15) is 0 Å². The summed E-state index contributed by atoms with van der Waals surface area (Å²) in [6.07, 6.45) is 4.56. The number of unbranched alkanes of at least 4 members (excludes halogenated alkanes) is 2. The summed E-state index contributed by atoms with van der Waals surface area (Å²) < 4.78 is 16.0. The van der Waals surface area contributed by atoms with Crippen molar-refractivity contribution in [3.8, 4) is 0 Å². The second-order valence-electron chi connectivity index (χ2n) is 2.78. The van der Waals surface area contributed by atoms with Crippen LogP contribution in [0.2, 0.25) is 0 Å². The predicted octanol–water partition coefficient (Wildman–Crippen LogP) is 2.86. The van der Waals surface area contributed by atoms with Crippen LogP contribution in [0.5, 0.6) is 0 Å². The average Bonchev–Trinajstić information content (AvgIpc) is 2.14. The first-order valence-corrected chi connectivity index (χ1v) is 5.72. The van der Waals surface area contributed by atoms with Crippen molar-refractivity contribution in [3.05, 3.63) is 0 Å². The molecule has 1 aliphatic rings. The van der Waals surface area contributed by atoms with Gasteiger partial charge in [-0.05, 0) is 12.8 Å². The van der Waals surface area contributed by atoms with E-state index in [-0.39, 0.29) is 0 Å². The average molecular weight is 192 g/mol. The van der Waals surface area contributed by atoms with Crippen molar-refractivity contribution in [1.29, 1.82) is 0 Å². The molecule has 0 spiro atoms. The third-order valence-electron chi connectivity index (χ3n) is 1.63. The van der Waals surface area contributed by atoms with Gasteiger partial charge in [0.1, 0.15) is 0 Å². The molecule has 0 aromatic carbocycles. The van der Waals surface area contributed by atoms with Gasteiger partial charge < -0.3 is 13.6 Å². The van der Waals surface area contributed by atoms with Crippen molar-refractivity contribution in [2.45, 2.75) is 32.6 Å². The highest BCUT2D eigenvalue weighted by molar-refractivity contribution is 7.41. The molecule has 3 nitrogen and oxygen atoms in total. The fraction of sp³-hybridized carbons (Fsp3) is 1.00. The SMILES string of the molecule is CCCCCOP1OCCCO1. The van der Waals surface area contributed by atoms with Crippen molar-refractivity contribution in [2.24, 2.45) is 0 Å². The van der Waals surface area contributed by atoms with Crippen molar-refractivity contribution >= 4 is 8.60 Å². The second-order valence-corrected chi connectivity index (χ2v) is 4.01. The maximum absolute atomic E-state index is 5.41. The van der Waals surface area contributed by atoms with E-state index in [2.05, 4.69) is 6.92 Å². The molecule has 1 aliphatic heterocycles. The van der Waals surface area contributed by atoms with E-state index < -0.39 is 8.60 Å². The zero-order chi connectivity index (χ0) is 8.65. The van der Waals surface area contributed by atoms with Crippen LogP contribution in [-0.2, 0) is 13.6 Å². The zero-order valence-corrected chi connectivity index (χ0v) is 8.52. The summed E-state index contributed by atoms with van der Waals surface area (Å²) in [4.78, 5) is 0. The van der Waals surface area contributed by atoms with Gasteiger partial charge in [0.15, 0.2) is 0 Å². The molecule has 0 unspecified atom stereocenters. The standard InChI is InChI=1S/C8H17O3P/c1-2-3-4-6-9-12-10-7-5-8-11-12/h2-8H2,1H3. The minimum atomic E-state index is -0.988. The third kappa shape index (κ3) is 4.36. The summed E-state index contributed by atoms with van der Waals surface area (Å²) in [6, 6.07) is 0. The molecule has 0 aromatic heterocycles. The fourth-order valence-electron chi connectivity index (χ4n) is 0.940. The molecule has 0 radical (unpaired) electrons. The van der Waals surface area contributed by atoms with Crippen LogP contribution < -0.4 is 0 Å². The maximum atomic E-state index is 5.41. The molecule has 1 saturated heterocycles. The molecule has 0 N–H and O–H groups in total. The highest BCUT2D eigenvalue weighted by atomic mass is 31.2. The Labute approximate surface area is 75.4 Å². The van der Waals surface area contributed by atoms with Gasteiger partial charge in [-0.3, -0.25) is 0 Å². The van der Waals surface area contributed by atoms with Gasteiger partial charge in [-0.25, -0.2) is 0 Å². The first kappa shape index (κ1) is 10.4. The van der Waals surface area contributed by atoms with E-state index in [0.717, 1.165) is 32.7 Å². The first-order chi connectivity index (χ1) is 5.93. The monoisotopic (exact) mass is 192 g/mol. The van der Waals surface area contributed by atoms with Gasteiger partial charge >= 0.3 is 8.60 Å². The van der Waals surface area contributed by atoms with Crippen LogP contribution in [0.4, 0.5) is 0 Å².